The van der Waals surface area contributed by atoms with Crippen LogP contribution in [0.4, 0.5) is 0 Å². The second kappa shape index (κ2) is 7.45. The molecule has 112 valence electrons. The molecular weight excluding hydrogens is 437 g/mol. The van der Waals surface area contributed by atoms with Gasteiger partial charge in [-0.2, -0.15) is 0 Å². The molecule has 1 aromatic rings. The number of hydrogen-bond donors (Lipinski definition) is 0. The zero-order chi connectivity index (χ0) is 15.6. The van der Waals surface area contributed by atoms with Crippen LogP contribution in [0.1, 0.15) is 29.8 Å². The largest absolute Gasteiger partial charge is 0.262 e. The van der Waals surface area contributed by atoms with E-state index in [1.54, 1.807) is 6.08 Å². The van der Waals surface area contributed by atoms with E-state index in [9.17, 15) is 0 Å². The number of fused-ring (bicyclic) bond motifs is 1. The van der Waals surface area contributed by atoms with E-state index in [1.807, 2.05) is 18.3 Å². The molecule has 1 aliphatic rings. The van der Waals surface area contributed by atoms with Crippen LogP contribution in [-0.4, -0.2) is 11.0 Å². The van der Waals surface area contributed by atoms with Gasteiger partial charge >= 0.3 is 0 Å². The molecule has 0 bridgehead atoms. The molecule has 2 unspecified atom stereocenters. The number of benzene rings is 1. The number of nitrogens with zero attached hydrogens (tertiary/aromatic N) is 1. The molecule has 1 aliphatic carbocycles. The molecule has 0 aliphatic heterocycles. The van der Waals surface area contributed by atoms with Gasteiger partial charge in [-0.05, 0) is 48.6 Å². The Bertz CT molecular complexity index is 623. The first-order chi connectivity index (χ1) is 9.93. The van der Waals surface area contributed by atoms with Crippen molar-refractivity contribution >= 4 is 61.3 Å². The van der Waals surface area contributed by atoms with Gasteiger partial charge in [0.15, 0.2) is 0 Å². The SMILES string of the molecule is C=CC(Br)C=NC1=C(C)CCc2cc(Cl)cc(Br)c2C1Cl. The highest BCUT2D eigenvalue weighted by molar-refractivity contribution is 9.10. The van der Waals surface area contributed by atoms with Crippen LogP contribution in [0.5, 0.6) is 0 Å². The molecule has 0 N–H and O–H groups in total. The number of alkyl halides is 2. The highest BCUT2D eigenvalue weighted by Crippen LogP contribution is 2.42. The van der Waals surface area contributed by atoms with Crippen molar-refractivity contribution < 1.29 is 0 Å². The molecule has 0 aromatic heterocycles. The van der Waals surface area contributed by atoms with Gasteiger partial charge in [-0.3, -0.25) is 4.99 Å². The van der Waals surface area contributed by atoms with Gasteiger partial charge in [0, 0.05) is 15.7 Å². The number of hydrogen-bond acceptors (Lipinski definition) is 1. The molecule has 0 amide bonds. The highest BCUT2D eigenvalue weighted by atomic mass is 79.9. The van der Waals surface area contributed by atoms with E-state index in [2.05, 4.69) is 50.4 Å². The molecular formula is C16H15Br2Cl2N. The maximum absolute atomic E-state index is 6.71. The van der Waals surface area contributed by atoms with Crippen LogP contribution in [0.15, 0.2) is 45.5 Å². The molecule has 0 heterocycles. The van der Waals surface area contributed by atoms with Gasteiger partial charge in [0.25, 0.3) is 0 Å². The molecule has 0 spiro atoms. The van der Waals surface area contributed by atoms with E-state index >= 15 is 0 Å². The van der Waals surface area contributed by atoms with Gasteiger partial charge in [0.2, 0.25) is 0 Å². The van der Waals surface area contributed by atoms with Crippen molar-refractivity contribution in [3.05, 3.63) is 56.7 Å². The molecule has 0 saturated carbocycles. The van der Waals surface area contributed by atoms with Gasteiger partial charge in [0.05, 0.1) is 10.5 Å². The second-order valence-electron chi connectivity index (χ2n) is 4.95. The minimum absolute atomic E-state index is 0.0399. The Morgan fingerprint density at radius 2 is 2.14 bits per heavy atom. The normalized spacial score (nSPS) is 20.3. The third-order valence-electron chi connectivity index (χ3n) is 3.46. The van der Waals surface area contributed by atoms with Crippen LogP contribution in [0.3, 0.4) is 0 Å². The average molecular weight is 452 g/mol. The zero-order valence-electron chi connectivity index (χ0n) is 11.5. The summed E-state index contributed by atoms with van der Waals surface area (Å²) in [5.41, 5.74) is 4.35. The first-order valence-corrected chi connectivity index (χ1v) is 9.08. The van der Waals surface area contributed by atoms with Crippen LogP contribution in [0.2, 0.25) is 5.02 Å². The number of halogens is 4. The van der Waals surface area contributed by atoms with Crippen molar-refractivity contribution in [2.24, 2.45) is 4.99 Å². The number of aryl methyl sites for hydroxylation is 1. The molecule has 2 atom stereocenters. The molecule has 0 radical (unpaired) electrons. The van der Waals surface area contributed by atoms with Gasteiger partial charge in [0.1, 0.15) is 5.38 Å². The molecule has 5 heteroatoms. The fourth-order valence-corrected chi connectivity index (χ4v) is 4.17. The van der Waals surface area contributed by atoms with Crippen molar-refractivity contribution in [1.29, 1.82) is 0 Å². The van der Waals surface area contributed by atoms with Gasteiger partial charge in [-0.25, -0.2) is 0 Å². The highest BCUT2D eigenvalue weighted by Gasteiger charge is 2.25. The van der Waals surface area contributed by atoms with Crippen LogP contribution < -0.4 is 0 Å². The third-order valence-corrected chi connectivity index (χ3v) is 5.37. The lowest BCUT2D eigenvalue weighted by atomic mass is 10.0. The van der Waals surface area contributed by atoms with Crippen molar-refractivity contribution in [2.75, 3.05) is 0 Å². The standard InChI is InChI=1S/C16H15Br2Cl2N/c1-3-11(17)8-21-16-9(2)4-5-10-6-12(19)7-13(18)14(10)15(16)20/h3,6-8,11,15H,1,4-5H2,2H3. The molecule has 2 rings (SSSR count). The maximum Gasteiger partial charge on any atom is 0.102 e. The van der Waals surface area contributed by atoms with E-state index in [0.717, 1.165) is 33.6 Å². The van der Waals surface area contributed by atoms with E-state index < -0.39 is 0 Å². The van der Waals surface area contributed by atoms with E-state index in [1.165, 1.54) is 11.1 Å². The molecule has 1 nitrogen and oxygen atoms in total. The van der Waals surface area contributed by atoms with Crippen molar-refractivity contribution in [1.82, 2.24) is 0 Å². The minimum atomic E-state index is -0.282. The zero-order valence-corrected chi connectivity index (χ0v) is 16.2. The van der Waals surface area contributed by atoms with Gasteiger partial charge in [-0.15, -0.1) is 18.2 Å². The second-order valence-corrected chi connectivity index (χ2v) is 7.73. The quantitative estimate of drug-likeness (QED) is 0.278. The summed E-state index contributed by atoms with van der Waals surface area (Å²) in [7, 11) is 0. The lowest BCUT2D eigenvalue weighted by molar-refractivity contribution is 0.935. The smallest absolute Gasteiger partial charge is 0.102 e. The Balaban J connectivity index is 2.47. The van der Waals surface area contributed by atoms with Crippen molar-refractivity contribution in [3.8, 4) is 0 Å². The first kappa shape index (κ1) is 17.3. The van der Waals surface area contributed by atoms with Crippen LogP contribution in [0.25, 0.3) is 0 Å². The lowest BCUT2D eigenvalue weighted by Crippen LogP contribution is -2.01. The summed E-state index contributed by atoms with van der Waals surface area (Å²) < 4.78 is 0.937. The summed E-state index contributed by atoms with van der Waals surface area (Å²) in [4.78, 5) is 4.63. The Labute approximate surface area is 152 Å². The average Bonchev–Trinajstić information content (AvgIpc) is 2.54. The lowest BCUT2D eigenvalue weighted by Gasteiger charge is -2.16. The number of aliphatic imine (C=N–C) groups is 1. The number of allylic oxidation sites excluding steroid dienone is 3. The summed E-state index contributed by atoms with van der Waals surface area (Å²) in [6.07, 6.45) is 5.44. The Morgan fingerprint density at radius 1 is 1.43 bits per heavy atom. The van der Waals surface area contributed by atoms with Gasteiger partial charge < -0.3 is 0 Å². The molecule has 21 heavy (non-hydrogen) atoms. The maximum atomic E-state index is 6.71. The predicted molar refractivity (Wildman–Crippen MR) is 100 cm³/mol. The van der Waals surface area contributed by atoms with E-state index in [4.69, 9.17) is 23.2 Å². The van der Waals surface area contributed by atoms with Gasteiger partial charge in [-0.1, -0.05) is 49.5 Å². The predicted octanol–water partition coefficient (Wildman–Crippen LogP) is 6.62. The minimum Gasteiger partial charge on any atom is -0.262 e. The molecule has 0 saturated heterocycles. The summed E-state index contributed by atoms with van der Waals surface area (Å²) in [5.74, 6) is 0. The Hall–Kier alpha value is -0.0900. The third kappa shape index (κ3) is 4.01. The molecule has 0 fully saturated rings. The summed E-state index contributed by atoms with van der Waals surface area (Å²) in [6.45, 7) is 5.82. The molecule has 1 aromatic carbocycles. The van der Waals surface area contributed by atoms with Crippen molar-refractivity contribution in [3.63, 3.8) is 0 Å². The monoisotopic (exact) mass is 449 g/mol. The Morgan fingerprint density at radius 3 is 2.81 bits per heavy atom. The fraction of sp³-hybridized carbons (Fsp3) is 0.312. The van der Waals surface area contributed by atoms with Crippen molar-refractivity contribution in [2.45, 2.75) is 30.0 Å². The van der Waals surface area contributed by atoms with E-state index in [0.29, 0.717) is 0 Å². The summed E-state index contributed by atoms with van der Waals surface area (Å²) in [5, 5.41) is 0.441. The van der Waals surface area contributed by atoms with E-state index in [-0.39, 0.29) is 10.2 Å². The topological polar surface area (TPSA) is 12.4 Å². The Kier molecular flexibility index (Phi) is 6.13. The summed E-state index contributed by atoms with van der Waals surface area (Å²) in [6, 6.07) is 3.88. The van der Waals surface area contributed by atoms with Crippen LogP contribution in [0, 0.1) is 0 Å². The first-order valence-electron chi connectivity index (χ1n) is 6.56. The van der Waals surface area contributed by atoms with Crippen LogP contribution in [-0.2, 0) is 6.42 Å². The number of rotatable bonds is 3. The van der Waals surface area contributed by atoms with Crippen LogP contribution >= 0.6 is 55.1 Å². The summed E-state index contributed by atoms with van der Waals surface area (Å²) >= 11 is 19.9. The fourth-order valence-electron chi connectivity index (χ4n) is 2.32.